The fraction of sp³-hybridized carbons (Fsp3) is 0.263. The molecule has 0 bridgehead atoms. The van der Waals surface area contributed by atoms with Gasteiger partial charge in [-0.05, 0) is 36.4 Å². The van der Waals surface area contributed by atoms with Crippen LogP contribution >= 0.6 is 11.6 Å². The Hall–Kier alpha value is -2.83. The standard InChI is InChI=1S/C19H19ClF3N3O5S/c1-11(27)24-13-5-7-16(31-3)17(9-13)32(29,30)26(2)10-18(28)25-12-4-6-15(20)14(8-12)19(21,22)23/h4-9H,10H2,1-3H3,(H,24,27)(H,25,28). The fourth-order valence-electron chi connectivity index (χ4n) is 2.64. The molecule has 13 heteroatoms. The smallest absolute Gasteiger partial charge is 0.417 e. The average molecular weight is 494 g/mol. The molecule has 8 nitrogen and oxygen atoms in total. The zero-order valence-electron chi connectivity index (χ0n) is 17.1. The maximum Gasteiger partial charge on any atom is 0.417 e. The number of halogens is 4. The third-order valence-corrected chi connectivity index (χ3v) is 6.25. The van der Waals surface area contributed by atoms with E-state index in [9.17, 15) is 31.2 Å². The van der Waals surface area contributed by atoms with E-state index in [1.54, 1.807) is 0 Å². The quantitative estimate of drug-likeness (QED) is 0.613. The first kappa shape index (κ1) is 25.4. The molecule has 0 heterocycles. The minimum Gasteiger partial charge on any atom is -0.495 e. The van der Waals surface area contributed by atoms with E-state index in [2.05, 4.69) is 10.6 Å². The van der Waals surface area contributed by atoms with Crippen LogP contribution in [0.2, 0.25) is 5.02 Å². The number of alkyl halides is 3. The maximum atomic E-state index is 13.0. The summed E-state index contributed by atoms with van der Waals surface area (Å²) in [6.07, 6.45) is -4.73. The van der Waals surface area contributed by atoms with Crippen molar-refractivity contribution in [2.24, 2.45) is 0 Å². The molecule has 2 N–H and O–H groups in total. The van der Waals surface area contributed by atoms with E-state index in [0.29, 0.717) is 10.4 Å². The van der Waals surface area contributed by atoms with Gasteiger partial charge in [0.1, 0.15) is 10.6 Å². The number of sulfonamides is 1. The van der Waals surface area contributed by atoms with Crippen molar-refractivity contribution in [3.05, 3.63) is 47.0 Å². The Kier molecular flexibility index (Phi) is 7.75. The van der Waals surface area contributed by atoms with Gasteiger partial charge in [-0.15, -0.1) is 0 Å². The predicted octanol–water partition coefficient (Wildman–Crippen LogP) is 3.59. The van der Waals surface area contributed by atoms with Crippen molar-refractivity contribution in [1.29, 1.82) is 0 Å². The maximum absolute atomic E-state index is 13.0. The number of nitrogens with zero attached hydrogens (tertiary/aromatic N) is 1. The summed E-state index contributed by atoms with van der Waals surface area (Å²) < 4.78 is 70.6. The van der Waals surface area contributed by atoms with Crippen molar-refractivity contribution >= 4 is 44.8 Å². The highest BCUT2D eigenvalue weighted by molar-refractivity contribution is 7.89. The minimum absolute atomic E-state index is 0.0288. The molecule has 0 unspecified atom stereocenters. The molecule has 0 fully saturated rings. The van der Waals surface area contributed by atoms with E-state index in [-0.39, 0.29) is 22.0 Å². The molecule has 0 aliphatic heterocycles. The Bertz CT molecular complexity index is 1140. The normalized spacial score (nSPS) is 11.9. The number of methoxy groups -OCH3 is 1. The number of hydrogen-bond donors (Lipinski definition) is 2. The molecule has 0 saturated heterocycles. The molecule has 2 amide bonds. The van der Waals surface area contributed by atoms with Crippen LogP contribution in [0.5, 0.6) is 5.75 Å². The van der Waals surface area contributed by atoms with Crippen LogP contribution in [0.1, 0.15) is 12.5 Å². The molecule has 2 rings (SSSR count). The Morgan fingerprint density at radius 3 is 2.25 bits per heavy atom. The lowest BCUT2D eigenvalue weighted by Gasteiger charge is -2.19. The largest absolute Gasteiger partial charge is 0.495 e. The van der Waals surface area contributed by atoms with Crippen LogP contribution in [0, 0.1) is 0 Å². The highest BCUT2D eigenvalue weighted by atomic mass is 35.5. The number of likely N-dealkylation sites (N-methyl/N-ethyl adjacent to an activating group) is 1. The topological polar surface area (TPSA) is 105 Å². The van der Waals surface area contributed by atoms with Crippen molar-refractivity contribution < 1.29 is 35.9 Å². The van der Waals surface area contributed by atoms with Gasteiger partial charge in [0.15, 0.2) is 0 Å². The first-order chi connectivity index (χ1) is 14.8. The summed E-state index contributed by atoms with van der Waals surface area (Å²) in [5.74, 6) is -1.34. The number of amides is 2. The van der Waals surface area contributed by atoms with Gasteiger partial charge in [-0.1, -0.05) is 11.6 Å². The first-order valence-corrected chi connectivity index (χ1v) is 10.7. The lowest BCUT2D eigenvalue weighted by Crippen LogP contribution is -2.35. The van der Waals surface area contributed by atoms with E-state index in [1.807, 2.05) is 0 Å². The first-order valence-electron chi connectivity index (χ1n) is 8.84. The molecule has 0 spiro atoms. The summed E-state index contributed by atoms with van der Waals surface area (Å²) in [5.41, 5.74) is -1.16. The zero-order chi connectivity index (χ0) is 24.3. The SMILES string of the molecule is COc1ccc(NC(C)=O)cc1S(=O)(=O)N(C)CC(=O)Nc1ccc(Cl)c(C(F)(F)F)c1. The van der Waals surface area contributed by atoms with Crippen molar-refractivity contribution in [3.63, 3.8) is 0 Å². The second kappa shape index (κ2) is 9.76. The minimum atomic E-state index is -4.73. The van der Waals surface area contributed by atoms with Crippen LogP contribution in [0.3, 0.4) is 0 Å². The van der Waals surface area contributed by atoms with E-state index in [4.69, 9.17) is 16.3 Å². The van der Waals surface area contributed by atoms with Gasteiger partial charge in [-0.25, -0.2) is 8.42 Å². The number of carbonyl (C=O) groups excluding carboxylic acids is 2. The van der Waals surface area contributed by atoms with Crippen LogP contribution in [-0.2, 0) is 25.8 Å². The molecule has 0 saturated carbocycles. The van der Waals surface area contributed by atoms with E-state index < -0.39 is 45.1 Å². The van der Waals surface area contributed by atoms with Gasteiger partial charge in [0.2, 0.25) is 21.8 Å². The van der Waals surface area contributed by atoms with E-state index in [1.165, 1.54) is 32.2 Å². The molecule has 0 aliphatic carbocycles. The van der Waals surface area contributed by atoms with Crippen molar-refractivity contribution in [3.8, 4) is 5.75 Å². The molecule has 0 aliphatic rings. The van der Waals surface area contributed by atoms with Gasteiger partial charge in [-0.2, -0.15) is 17.5 Å². The number of rotatable bonds is 7. The molecule has 0 radical (unpaired) electrons. The molecule has 2 aromatic rings. The molecule has 2 aromatic carbocycles. The van der Waals surface area contributed by atoms with Crippen LogP contribution in [0.25, 0.3) is 0 Å². The fourth-order valence-corrected chi connectivity index (χ4v) is 4.16. The van der Waals surface area contributed by atoms with Crippen molar-refractivity contribution in [2.45, 2.75) is 18.0 Å². The van der Waals surface area contributed by atoms with Crippen LogP contribution in [-0.4, -0.2) is 45.2 Å². The molecule has 174 valence electrons. The van der Waals surface area contributed by atoms with Crippen LogP contribution < -0.4 is 15.4 Å². The highest BCUT2D eigenvalue weighted by Gasteiger charge is 2.33. The van der Waals surface area contributed by atoms with Crippen molar-refractivity contribution in [1.82, 2.24) is 4.31 Å². The van der Waals surface area contributed by atoms with E-state index >= 15 is 0 Å². The number of ether oxygens (including phenoxy) is 1. The Morgan fingerprint density at radius 2 is 1.69 bits per heavy atom. The van der Waals surface area contributed by atoms with Gasteiger partial charge in [0.05, 0.1) is 24.2 Å². The van der Waals surface area contributed by atoms with Gasteiger partial charge in [-0.3, -0.25) is 9.59 Å². The number of anilines is 2. The molecular formula is C19H19ClF3N3O5S. The Morgan fingerprint density at radius 1 is 1.09 bits per heavy atom. The lowest BCUT2D eigenvalue weighted by molar-refractivity contribution is -0.137. The summed E-state index contributed by atoms with van der Waals surface area (Å²) in [5, 5.41) is 4.11. The van der Waals surface area contributed by atoms with Gasteiger partial charge < -0.3 is 15.4 Å². The second-order valence-corrected chi connectivity index (χ2v) is 8.97. The Balaban J connectivity index is 2.24. The number of nitrogens with one attached hydrogen (secondary N) is 2. The highest BCUT2D eigenvalue weighted by Crippen LogP contribution is 2.36. The van der Waals surface area contributed by atoms with Crippen molar-refractivity contribution in [2.75, 3.05) is 31.3 Å². The number of carbonyl (C=O) groups is 2. The average Bonchev–Trinajstić information content (AvgIpc) is 2.68. The summed E-state index contributed by atoms with van der Waals surface area (Å²) in [6.45, 7) is 0.537. The lowest BCUT2D eigenvalue weighted by atomic mass is 10.2. The molecule has 32 heavy (non-hydrogen) atoms. The number of hydrogen-bond acceptors (Lipinski definition) is 5. The summed E-state index contributed by atoms with van der Waals surface area (Å²) in [4.78, 5) is 23.2. The third-order valence-electron chi connectivity index (χ3n) is 4.09. The van der Waals surface area contributed by atoms with Crippen LogP contribution in [0.4, 0.5) is 24.5 Å². The van der Waals surface area contributed by atoms with Gasteiger partial charge in [0, 0.05) is 25.3 Å². The number of benzene rings is 2. The third kappa shape index (κ3) is 6.11. The predicted molar refractivity (Wildman–Crippen MR) is 112 cm³/mol. The van der Waals surface area contributed by atoms with Gasteiger partial charge >= 0.3 is 6.18 Å². The summed E-state index contributed by atoms with van der Waals surface area (Å²) >= 11 is 5.54. The van der Waals surface area contributed by atoms with E-state index in [0.717, 1.165) is 19.2 Å². The second-order valence-electron chi connectivity index (χ2n) is 6.55. The van der Waals surface area contributed by atoms with Gasteiger partial charge in [0.25, 0.3) is 0 Å². The molecule has 0 atom stereocenters. The summed E-state index contributed by atoms with van der Waals surface area (Å²) in [6, 6.07) is 6.71. The van der Waals surface area contributed by atoms with Crippen LogP contribution in [0.15, 0.2) is 41.3 Å². The Labute approximate surface area is 187 Å². The summed E-state index contributed by atoms with van der Waals surface area (Å²) in [7, 11) is -1.91. The molecule has 0 aromatic heterocycles. The monoisotopic (exact) mass is 493 g/mol. The molecular weight excluding hydrogens is 475 g/mol. The zero-order valence-corrected chi connectivity index (χ0v) is 18.7.